The van der Waals surface area contributed by atoms with Crippen LogP contribution in [-0.2, 0) is 0 Å². The molecule has 0 aromatic heterocycles. The minimum absolute atomic E-state index is 0.240. The summed E-state index contributed by atoms with van der Waals surface area (Å²) >= 11 is 0. The molecule has 0 amide bonds. The van der Waals surface area contributed by atoms with Crippen LogP contribution >= 0.6 is 0 Å². The van der Waals surface area contributed by atoms with Crippen molar-refractivity contribution in [1.29, 1.82) is 0 Å². The molecule has 0 fully saturated rings. The van der Waals surface area contributed by atoms with E-state index in [-0.39, 0.29) is 5.75 Å². The van der Waals surface area contributed by atoms with Gasteiger partial charge >= 0.3 is 6.36 Å². The Kier molecular flexibility index (Phi) is 3.38. The summed E-state index contributed by atoms with van der Waals surface area (Å²) in [5.74, 6) is -0.240. The number of alkyl halides is 3. The van der Waals surface area contributed by atoms with Crippen molar-refractivity contribution in [2.75, 3.05) is 5.73 Å². The van der Waals surface area contributed by atoms with Crippen molar-refractivity contribution in [1.82, 2.24) is 0 Å². The highest BCUT2D eigenvalue weighted by atomic mass is 19.4. The molecule has 2 aromatic carbocycles. The van der Waals surface area contributed by atoms with Gasteiger partial charge in [0.1, 0.15) is 5.75 Å². The van der Waals surface area contributed by atoms with Gasteiger partial charge in [0.2, 0.25) is 0 Å². The predicted molar refractivity (Wildman–Crippen MR) is 67.7 cm³/mol. The zero-order valence-corrected chi connectivity index (χ0v) is 10.2. The fourth-order valence-corrected chi connectivity index (χ4v) is 1.67. The van der Waals surface area contributed by atoms with Gasteiger partial charge in [0.05, 0.1) is 0 Å². The molecule has 19 heavy (non-hydrogen) atoms. The molecule has 0 unspecified atom stereocenters. The molecule has 0 aliphatic carbocycles. The van der Waals surface area contributed by atoms with Crippen molar-refractivity contribution < 1.29 is 17.9 Å². The molecule has 0 saturated heterocycles. The summed E-state index contributed by atoms with van der Waals surface area (Å²) in [6.07, 6.45) is -4.67. The first-order chi connectivity index (χ1) is 8.85. The molecule has 2 rings (SSSR count). The van der Waals surface area contributed by atoms with Crippen LogP contribution in [-0.4, -0.2) is 6.36 Å². The Bertz CT molecular complexity index is 576. The van der Waals surface area contributed by atoms with E-state index in [0.717, 1.165) is 16.7 Å². The number of hydrogen-bond donors (Lipinski definition) is 1. The van der Waals surface area contributed by atoms with Gasteiger partial charge in [0.15, 0.2) is 0 Å². The molecule has 0 radical (unpaired) electrons. The monoisotopic (exact) mass is 267 g/mol. The number of nitrogen functional groups attached to an aromatic ring is 1. The Hall–Kier alpha value is -2.17. The number of nitrogens with two attached hydrogens (primary N) is 1. The molecule has 0 atom stereocenters. The fraction of sp³-hybridized carbons (Fsp3) is 0.143. The molecule has 0 heterocycles. The topological polar surface area (TPSA) is 35.2 Å². The van der Waals surface area contributed by atoms with E-state index in [2.05, 4.69) is 4.74 Å². The van der Waals surface area contributed by atoms with Crippen molar-refractivity contribution in [3.8, 4) is 16.9 Å². The smallest absolute Gasteiger partial charge is 0.406 e. The maximum absolute atomic E-state index is 12.0. The van der Waals surface area contributed by atoms with Gasteiger partial charge in [0, 0.05) is 5.69 Å². The zero-order valence-electron chi connectivity index (χ0n) is 10.2. The maximum atomic E-state index is 12.0. The number of aryl methyl sites for hydroxylation is 1. The molecule has 0 spiro atoms. The molecule has 5 heteroatoms. The average molecular weight is 267 g/mol. The second-order valence-electron chi connectivity index (χ2n) is 4.14. The molecule has 2 N–H and O–H groups in total. The number of hydrogen-bond acceptors (Lipinski definition) is 2. The maximum Gasteiger partial charge on any atom is 0.573 e. The van der Waals surface area contributed by atoms with Crippen LogP contribution < -0.4 is 10.5 Å². The molecule has 2 aromatic rings. The van der Waals surface area contributed by atoms with Crippen LogP contribution in [0.3, 0.4) is 0 Å². The molecule has 0 aliphatic rings. The van der Waals surface area contributed by atoms with Crippen LogP contribution in [0.5, 0.6) is 5.75 Å². The van der Waals surface area contributed by atoms with Crippen LogP contribution in [0.4, 0.5) is 18.9 Å². The van der Waals surface area contributed by atoms with Crippen molar-refractivity contribution in [2.24, 2.45) is 0 Å². The third-order valence-corrected chi connectivity index (χ3v) is 2.70. The first-order valence-electron chi connectivity index (χ1n) is 5.57. The standard InChI is InChI=1S/C14H12F3NO/c1-9-2-3-11(8-13(9)18)10-4-6-12(7-5-10)19-14(15,16)17/h2-8H,18H2,1H3. The second-order valence-corrected chi connectivity index (χ2v) is 4.14. The van der Waals surface area contributed by atoms with Crippen molar-refractivity contribution in [3.05, 3.63) is 48.0 Å². The highest BCUT2D eigenvalue weighted by Gasteiger charge is 2.30. The molecule has 2 nitrogen and oxygen atoms in total. The third kappa shape index (κ3) is 3.40. The summed E-state index contributed by atoms with van der Waals surface area (Å²) in [6, 6.07) is 11.2. The van der Waals surface area contributed by atoms with Gasteiger partial charge in [-0.25, -0.2) is 0 Å². The normalized spacial score (nSPS) is 11.4. The Balaban J connectivity index is 2.25. The Labute approximate surface area is 108 Å². The molecule has 100 valence electrons. The molecule has 0 saturated carbocycles. The van der Waals surface area contributed by atoms with Crippen LogP contribution in [0.1, 0.15) is 5.56 Å². The van der Waals surface area contributed by atoms with Crippen molar-refractivity contribution in [3.63, 3.8) is 0 Å². The summed E-state index contributed by atoms with van der Waals surface area (Å²) in [6.45, 7) is 1.89. The van der Waals surface area contributed by atoms with Crippen LogP contribution in [0.25, 0.3) is 11.1 Å². The summed E-state index contributed by atoms with van der Waals surface area (Å²) in [7, 11) is 0. The zero-order chi connectivity index (χ0) is 14.0. The minimum atomic E-state index is -4.67. The van der Waals surface area contributed by atoms with Gasteiger partial charge in [-0.2, -0.15) is 0 Å². The van der Waals surface area contributed by atoms with E-state index < -0.39 is 6.36 Å². The number of halogens is 3. The van der Waals surface area contributed by atoms with E-state index in [0.29, 0.717) is 5.69 Å². The van der Waals surface area contributed by atoms with Crippen molar-refractivity contribution in [2.45, 2.75) is 13.3 Å². The lowest BCUT2D eigenvalue weighted by atomic mass is 10.0. The number of anilines is 1. The largest absolute Gasteiger partial charge is 0.573 e. The van der Waals surface area contributed by atoms with E-state index in [1.54, 1.807) is 18.2 Å². The SMILES string of the molecule is Cc1ccc(-c2ccc(OC(F)(F)F)cc2)cc1N. The molecule has 0 aliphatic heterocycles. The molecular weight excluding hydrogens is 255 g/mol. The van der Waals surface area contributed by atoms with Crippen LogP contribution in [0, 0.1) is 6.92 Å². The minimum Gasteiger partial charge on any atom is -0.406 e. The van der Waals surface area contributed by atoms with Gasteiger partial charge in [-0.15, -0.1) is 13.2 Å². The highest BCUT2D eigenvalue weighted by molar-refractivity contribution is 5.69. The highest BCUT2D eigenvalue weighted by Crippen LogP contribution is 2.28. The average Bonchev–Trinajstić information content (AvgIpc) is 2.32. The lowest BCUT2D eigenvalue weighted by molar-refractivity contribution is -0.274. The van der Waals surface area contributed by atoms with E-state index >= 15 is 0 Å². The van der Waals surface area contributed by atoms with Gasteiger partial charge in [-0.05, 0) is 41.8 Å². The van der Waals surface area contributed by atoms with E-state index in [1.807, 2.05) is 19.1 Å². The first kappa shape index (κ1) is 13.3. The summed E-state index contributed by atoms with van der Waals surface area (Å²) in [5.41, 5.74) is 9.03. The summed E-state index contributed by atoms with van der Waals surface area (Å²) in [4.78, 5) is 0. The predicted octanol–water partition coefficient (Wildman–Crippen LogP) is 4.14. The van der Waals surface area contributed by atoms with Crippen LogP contribution in [0.2, 0.25) is 0 Å². The molecule has 0 bridgehead atoms. The van der Waals surface area contributed by atoms with E-state index in [9.17, 15) is 13.2 Å². The Morgan fingerprint density at radius 2 is 1.53 bits per heavy atom. The summed E-state index contributed by atoms with van der Waals surface area (Å²) < 4.78 is 39.9. The number of benzene rings is 2. The van der Waals surface area contributed by atoms with Gasteiger partial charge < -0.3 is 10.5 Å². The number of rotatable bonds is 2. The van der Waals surface area contributed by atoms with Gasteiger partial charge in [-0.1, -0.05) is 24.3 Å². The van der Waals surface area contributed by atoms with Gasteiger partial charge in [0.25, 0.3) is 0 Å². The lowest BCUT2D eigenvalue weighted by Gasteiger charge is -2.10. The summed E-state index contributed by atoms with van der Waals surface area (Å²) in [5, 5.41) is 0. The van der Waals surface area contributed by atoms with E-state index in [1.165, 1.54) is 12.1 Å². The number of ether oxygens (including phenoxy) is 1. The Morgan fingerprint density at radius 1 is 0.947 bits per heavy atom. The first-order valence-corrected chi connectivity index (χ1v) is 5.57. The van der Waals surface area contributed by atoms with Crippen molar-refractivity contribution >= 4 is 5.69 Å². The van der Waals surface area contributed by atoms with E-state index in [4.69, 9.17) is 5.73 Å². The van der Waals surface area contributed by atoms with Crippen LogP contribution in [0.15, 0.2) is 42.5 Å². The second kappa shape index (κ2) is 4.84. The quantitative estimate of drug-likeness (QED) is 0.830. The fourth-order valence-electron chi connectivity index (χ4n) is 1.67. The molecular formula is C14H12F3NO. The Morgan fingerprint density at radius 3 is 2.05 bits per heavy atom. The lowest BCUT2D eigenvalue weighted by Crippen LogP contribution is -2.16. The third-order valence-electron chi connectivity index (χ3n) is 2.70. The van der Waals surface area contributed by atoms with Gasteiger partial charge in [-0.3, -0.25) is 0 Å².